The molecule has 1 saturated heterocycles. The molecule has 144 valence electrons. The van der Waals surface area contributed by atoms with Gasteiger partial charge >= 0.3 is 0 Å². The van der Waals surface area contributed by atoms with E-state index in [1.807, 2.05) is 6.92 Å². The first-order valence-corrected chi connectivity index (χ1v) is 10.6. The molecule has 0 bridgehead atoms. The Labute approximate surface area is 160 Å². The maximum absolute atomic E-state index is 13.3. The summed E-state index contributed by atoms with van der Waals surface area (Å²) in [7, 11) is -3.91. The van der Waals surface area contributed by atoms with Crippen LogP contribution in [0.4, 0.5) is 5.69 Å². The molecule has 0 spiro atoms. The average molecular weight is 388 g/mol. The molecule has 0 saturated carbocycles. The van der Waals surface area contributed by atoms with Crippen LogP contribution in [0.3, 0.4) is 0 Å². The number of para-hydroxylation sites is 2. The predicted octanol–water partition coefficient (Wildman–Crippen LogP) is 2.90. The van der Waals surface area contributed by atoms with Crippen LogP contribution in [0.25, 0.3) is 0 Å². The van der Waals surface area contributed by atoms with E-state index < -0.39 is 10.0 Å². The largest absolute Gasteiger partial charge is 0.492 e. The summed E-state index contributed by atoms with van der Waals surface area (Å²) in [6.07, 6.45) is 1.90. The van der Waals surface area contributed by atoms with Gasteiger partial charge in [-0.1, -0.05) is 30.3 Å². The van der Waals surface area contributed by atoms with Crippen molar-refractivity contribution in [1.29, 1.82) is 0 Å². The first-order chi connectivity index (χ1) is 13.0. The van der Waals surface area contributed by atoms with Crippen LogP contribution in [-0.2, 0) is 14.8 Å². The monoisotopic (exact) mass is 388 g/mol. The van der Waals surface area contributed by atoms with Gasteiger partial charge in [0, 0.05) is 13.1 Å². The Morgan fingerprint density at radius 2 is 1.67 bits per heavy atom. The van der Waals surface area contributed by atoms with Crippen LogP contribution in [0.1, 0.15) is 19.8 Å². The van der Waals surface area contributed by atoms with Gasteiger partial charge in [0.1, 0.15) is 12.3 Å². The fourth-order valence-electron chi connectivity index (χ4n) is 3.15. The molecule has 0 radical (unpaired) electrons. The highest BCUT2D eigenvalue weighted by Gasteiger charge is 2.31. The minimum atomic E-state index is -3.91. The lowest BCUT2D eigenvalue weighted by Crippen LogP contribution is -2.42. The zero-order valence-corrected chi connectivity index (χ0v) is 16.2. The number of sulfonamides is 1. The van der Waals surface area contributed by atoms with Crippen LogP contribution < -0.4 is 9.04 Å². The Kier molecular flexibility index (Phi) is 6.01. The van der Waals surface area contributed by atoms with Crippen molar-refractivity contribution in [2.75, 3.05) is 30.5 Å². The first kappa shape index (κ1) is 19.2. The fraction of sp³-hybridized carbons (Fsp3) is 0.350. The van der Waals surface area contributed by atoms with E-state index in [1.165, 1.54) is 12.1 Å². The highest BCUT2D eigenvalue weighted by Crippen LogP contribution is 2.32. The van der Waals surface area contributed by atoms with Gasteiger partial charge in [0.25, 0.3) is 10.0 Å². The number of amides is 1. The predicted molar refractivity (Wildman–Crippen MR) is 104 cm³/mol. The smallest absolute Gasteiger partial charge is 0.264 e. The Morgan fingerprint density at radius 1 is 1.04 bits per heavy atom. The zero-order chi connectivity index (χ0) is 19.3. The van der Waals surface area contributed by atoms with Crippen LogP contribution in [-0.4, -0.2) is 45.5 Å². The molecule has 1 heterocycles. The lowest BCUT2D eigenvalue weighted by atomic mass is 10.3. The van der Waals surface area contributed by atoms with Crippen molar-refractivity contribution in [3.05, 3.63) is 54.6 Å². The summed E-state index contributed by atoms with van der Waals surface area (Å²) in [5.74, 6) is 0.243. The SMILES string of the molecule is CCOc1ccccc1N(CC(=O)N1CCCC1)S(=O)(=O)c1ccccc1. The molecule has 0 aromatic heterocycles. The van der Waals surface area contributed by atoms with Crippen LogP contribution >= 0.6 is 0 Å². The normalized spacial score (nSPS) is 14.2. The van der Waals surface area contributed by atoms with Gasteiger partial charge in [0.15, 0.2) is 0 Å². The highest BCUT2D eigenvalue weighted by atomic mass is 32.2. The van der Waals surface area contributed by atoms with Crippen molar-refractivity contribution in [2.45, 2.75) is 24.7 Å². The average Bonchev–Trinajstić information content (AvgIpc) is 3.22. The first-order valence-electron chi connectivity index (χ1n) is 9.11. The number of hydrogen-bond donors (Lipinski definition) is 0. The number of carbonyl (C=O) groups is 1. The molecule has 1 amide bonds. The molecule has 2 aromatic carbocycles. The summed E-state index contributed by atoms with van der Waals surface area (Å²) in [6, 6.07) is 15.1. The van der Waals surface area contributed by atoms with Crippen molar-refractivity contribution >= 4 is 21.6 Å². The second kappa shape index (κ2) is 8.43. The molecule has 7 heteroatoms. The van der Waals surface area contributed by atoms with Crippen molar-refractivity contribution in [1.82, 2.24) is 4.90 Å². The third-order valence-corrected chi connectivity index (χ3v) is 6.28. The van der Waals surface area contributed by atoms with E-state index in [1.54, 1.807) is 47.4 Å². The molecule has 0 unspecified atom stereocenters. The standard InChI is InChI=1S/C20H24N2O4S/c1-2-26-19-13-7-6-12-18(19)22(16-20(23)21-14-8-9-15-21)27(24,25)17-10-4-3-5-11-17/h3-7,10-13H,2,8-9,14-16H2,1H3. The van der Waals surface area contributed by atoms with Crippen molar-refractivity contribution in [2.24, 2.45) is 0 Å². The number of hydrogen-bond acceptors (Lipinski definition) is 4. The Balaban J connectivity index is 2.02. The maximum Gasteiger partial charge on any atom is 0.264 e. The number of benzene rings is 2. The number of ether oxygens (including phenoxy) is 1. The second-order valence-electron chi connectivity index (χ2n) is 6.31. The molecule has 27 heavy (non-hydrogen) atoms. The van der Waals surface area contributed by atoms with Gasteiger partial charge in [-0.3, -0.25) is 9.10 Å². The minimum absolute atomic E-state index is 0.144. The van der Waals surface area contributed by atoms with E-state index in [2.05, 4.69) is 0 Å². The third-order valence-electron chi connectivity index (χ3n) is 4.50. The molecule has 1 aliphatic rings. The Hall–Kier alpha value is -2.54. The van der Waals surface area contributed by atoms with Gasteiger partial charge in [0.2, 0.25) is 5.91 Å². The molecular formula is C20H24N2O4S. The topological polar surface area (TPSA) is 66.9 Å². The maximum atomic E-state index is 13.3. The van der Waals surface area contributed by atoms with E-state index >= 15 is 0 Å². The van der Waals surface area contributed by atoms with E-state index in [0.717, 1.165) is 17.1 Å². The molecule has 2 aromatic rings. The summed E-state index contributed by atoms with van der Waals surface area (Å²) in [5, 5.41) is 0. The molecule has 0 aliphatic carbocycles. The number of anilines is 1. The molecule has 1 aliphatic heterocycles. The van der Waals surface area contributed by atoms with Gasteiger partial charge in [0.05, 0.1) is 17.2 Å². The van der Waals surface area contributed by atoms with Gasteiger partial charge < -0.3 is 9.64 Å². The molecular weight excluding hydrogens is 364 g/mol. The fourth-order valence-corrected chi connectivity index (χ4v) is 4.60. The Bertz CT molecular complexity index is 878. The van der Waals surface area contributed by atoms with Crippen LogP contribution in [0.2, 0.25) is 0 Å². The summed E-state index contributed by atoms with van der Waals surface area (Å²) in [5.41, 5.74) is 0.371. The number of likely N-dealkylation sites (tertiary alicyclic amines) is 1. The lowest BCUT2D eigenvalue weighted by molar-refractivity contribution is -0.128. The summed E-state index contributed by atoms with van der Waals surface area (Å²) in [6.45, 7) is 3.33. The second-order valence-corrected chi connectivity index (χ2v) is 8.18. The van der Waals surface area contributed by atoms with Crippen LogP contribution in [0.15, 0.2) is 59.5 Å². The Morgan fingerprint density at radius 3 is 2.33 bits per heavy atom. The quantitative estimate of drug-likeness (QED) is 0.731. The van der Waals surface area contributed by atoms with E-state index in [9.17, 15) is 13.2 Å². The van der Waals surface area contributed by atoms with Crippen molar-refractivity contribution < 1.29 is 17.9 Å². The van der Waals surface area contributed by atoms with Crippen LogP contribution in [0, 0.1) is 0 Å². The zero-order valence-electron chi connectivity index (χ0n) is 15.4. The van der Waals surface area contributed by atoms with Gasteiger partial charge in [-0.25, -0.2) is 8.42 Å². The van der Waals surface area contributed by atoms with Crippen molar-refractivity contribution in [3.8, 4) is 5.75 Å². The number of nitrogens with zero attached hydrogens (tertiary/aromatic N) is 2. The van der Waals surface area contributed by atoms with E-state index in [-0.39, 0.29) is 17.3 Å². The van der Waals surface area contributed by atoms with Gasteiger partial charge in [-0.15, -0.1) is 0 Å². The molecule has 6 nitrogen and oxygen atoms in total. The number of carbonyl (C=O) groups excluding carboxylic acids is 1. The van der Waals surface area contributed by atoms with E-state index in [0.29, 0.717) is 31.1 Å². The third kappa shape index (κ3) is 4.24. The van der Waals surface area contributed by atoms with E-state index in [4.69, 9.17) is 4.74 Å². The molecule has 0 N–H and O–H groups in total. The summed E-state index contributed by atoms with van der Waals surface area (Å²) < 4.78 is 33.5. The highest BCUT2D eigenvalue weighted by molar-refractivity contribution is 7.92. The van der Waals surface area contributed by atoms with Gasteiger partial charge in [-0.05, 0) is 44.0 Å². The minimum Gasteiger partial charge on any atom is -0.492 e. The molecule has 0 atom stereocenters. The molecule has 1 fully saturated rings. The summed E-state index contributed by atoms with van der Waals surface area (Å²) >= 11 is 0. The lowest BCUT2D eigenvalue weighted by Gasteiger charge is -2.27. The summed E-state index contributed by atoms with van der Waals surface area (Å²) in [4.78, 5) is 14.6. The number of rotatable bonds is 7. The van der Waals surface area contributed by atoms with Crippen LogP contribution in [0.5, 0.6) is 5.75 Å². The van der Waals surface area contributed by atoms with Crippen molar-refractivity contribution in [3.63, 3.8) is 0 Å². The van der Waals surface area contributed by atoms with Gasteiger partial charge in [-0.2, -0.15) is 0 Å². The molecule has 3 rings (SSSR count).